The van der Waals surface area contributed by atoms with E-state index in [2.05, 4.69) is 20.4 Å². The van der Waals surface area contributed by atoms with E-state index in [9.17, 15) is 17.6 Å². The molecule has 5 nitrogen and oxygen atoms in total. The molecule has 1 aromatic carbocycles. The van der Waals surface area contributed by atoms with Gasteiger partial charge < -0.3 is 5.32 Å². The minimum absolute atomic E-state index is 0.0255. The highest BCUT2D eigenvalue weighted by Crippen LogP contribution is 2.39. The second-order valence-corrected chi connectivity index (χ2v) is 7.47. The SMILES string of the molecule is Cc1cc(N[C@@H](c2ccc(SC(F)(F)F)c(F)c2)C(C)C)n2ncnc2n1. The minimum Gasteiger partial charge on any atom is -0.363 e. The van der Waals surface area contributed by atoms with Gasteiger partial charge in [-0.05, 0) is 42.3 Å². The Morgan fingerprint density at radius 3 is 2.56 bits per heavy atom. The van der Waals surface area contributed by atoms with Crippen LogP contribution in [0, 0.1) is 18.7 Å². The third-order valence-electron chi connectivity index (χ3n) is 3.89. The fourth-order valence-corrected chi connectivity index (χ4v) is 3.29. The van der Waals surface area contributed by atoms with Crippen LogP contribution in [0.4, 0.5) is 23.4 Å². The van der Waals surface area contributed by atoms with Crippen molar-refractivity contribution in [2.45, 2.75) is 37.2 Å². The van der Waals surface area contributed by atoms with Crippen LogP contribution in [0.3, 0.4) is 0 Å². The second kappa shape index (κ2) is 7.34. The smallest absolute Gasteiger partial charge is 0.363 e. The van der Waals surface area contributed by atoms with Gasteiger partial charge in [0.2, 0.25) is 0 Å². The molecule has 0 saturated carbocycles. The first-order valence-corrected chi connectivity index (χ1v) is 8.95. The van der Waals surface area contributed by atoms with Crippen LogP contribution in [0.2, 0.25) is 0 Å². The Bertz CT molecular complexity index is 954. The maximum atomic E-state index is 14.2. The molecule has 3 rings (SSSR count). The lowest BCUT2D eigenvalue weighted by atomic mass is 9.96. The molecule has 0 amide bonds. The van der Waals surface area contributed by atoms with Crippen LogP contribution in [0.25, 0.3) is 5.78 Å². The van der Waals surface area contributed by atoms with Gasteiger partial charge >= 0.3 is 5.51 Å². The van der Waals surface area contributed by atoms with E-state index in [4.69, 9.17) is 0 Å². The molecule has 0 unspecified atom stereocenters. The third-order valence-corrected chi connectivity index (χ3v) is 4.67. The number of hydrogen-bond donors (Lipinski definition) is 1. The normalized spacial score (nSPS) is 13.3. The third kappa shape index (κ3) is 4.49. The molecule has 2 heterocycles. The Hall–Kier alpha value is -2.36. The van der Waals surface area contributed by atoms with Crippen molar-refractivity contribution < 1.29 is 17.6 Å². The number of alkyl halides is 3. The summed E-state index contributed by atoms with van der Waals surface area (Å²) in [7, 11) is 0. The summed E-state index contributed by atoms with van der Waals surface area (Å²) in [6.45, 7) is 5.67. The van der Waals surface area contributed by atoms with Crippen molar-refractivity contribution in [3.8, 4) is 0 Å². The Balaban J connectivity index is 1.94. The van der Waals surface area contributed by atoms with E-state index in [1.807, 2.05) is 20.8 Å². The number of fused-ring (bicyclic) bond motifs is 1. The first-order valence-electron chi connectivity index (χ1n) is 8.13. The van der Waals surface area contributed by atoms with E-state index >= 15 is 0 Å². The number of hydrogen-bond acceptors (Lipinski definition) is 5. The molecule has 27 heavy (non-hydrogen) atoms. The Morgan fingerprint density at radius 2 is 1.93 bits per heavy atom. The number of aromatic nitrogens is 4. The summed E-state index contributed by atoms with van der Waals surface area (Å²) in [6.07, 6.45) is 1.38. The maximum absolute atomic E-state index is 14.2. The van der Waals surface area contributed by atoms with Gasteiger partial charge in [-0.15, -0.1) is 0 Å². The zero-order valence-corrected chi connectivity index (χ0v) is 15.6. The monoisotopic (exact) mass is 399 g/mol. The summed E-state index contributed by atoms with van der Waals surface area (Å²) in [4.78, 5) is 7.87. The van der Waals surface area contributed by atoms with Crippen LogP contribution in [-0.2, 0) is 0 Å². The summed E-state index contributed by atoms with van der Waals surface area (Å²) >= 11 is -0.461. The zero-order chi connectivity index (χ0) is 19.8. The van der Waals surface area contributed by atoms with E-state index in [0.717, 1.165) is 17.8 Å². The Kier molecular flexibility index (Phi) is 5.27. The molecule has 0 saturated heterocycles. The first-order chi connectivity index (χ1) is 12.6. The fourth-order valence-electron chi connectivity index (χ4n) is 2.75. The lowest BCUT2D eigenvalue weighted by molar-refractivity contribution is -0.0329. The van der Waals surface area contributed by atoms with Crippen molar-refractivity contribution >= 4 is 23.4 Å². The maximum Gasteiger partial charge on any atom is 0.446 e. The van der Waals surface area contributed by atoms with E-state index in [1.54, 1.807) is 6.07 Å². The summed E-state index contributed by atoms with van der Waals surface area (Å²) in [5.74, 6) is 0.155. The average Bonchev–Trinajstić information content (AvgIpc) is 3.01. The molecule has 1 N–H and O–H groups in total. The molecule has 0 aliphatic rings. The van der Waals surface area contributed by atoms with Crippen molar-refractivity contribution in [1.82, 2.24) is 19.6 Å². The molecule has 0 fully saturated rings. The molecular formula is C17H17F4N5S. The lowest BCUT2D eigenvalue weighted by Crippen LogP contribution is -2.19. The van der Waals surface area contributed by atoms with Gasteiger partial charge in [0.1, 0.15) is 18.0 Å². The number of anilines is 1. The molecule has 0 spiro atoms. The summed E-state index contributed by atoms with van der Waals surface area (Å²) < 4.78 is 53.3. The second-order valence-electron chi connectivity index (χ2n) is 6.36. The number of thioether (sulfide) groups is 1. The van der Waals surface area contributed by atoms with Crippen molar-refractivity contribution in [3.63, 3.8) is 0 Å². The summed E-state index contributed by atoms with van der Waals surface area (Å²) in [6, 6.07) is 5.22. The number of rotatable bonds is 5. The molecular weight excluding hydrogens is 382 g/mol. The number of aryl methyl sites for hydroxylation is 1. The van der Waals surface area contributed by atoms with E-state index in [1.165, 1.54) is 16.9 Å². The van der Waals surface area contributed by atoms with Crippen molar-refractivity contribution in [1.29, 1.82) is 0 Å². The minimum atomic E-state index is -4.54. The molecule has 0 bridgehead atoms. The van der Waals surface area contributed by atoms with Gasteiger partial charge in [-0.2, -0.15) is 27.8 Å². The molecule has 1 atom stereocenters. The highest BCUT2D eigenvalue weighted by atomic mass is 32.2. The van der Waals surface area contributed by atoms with Crippen molar-refractivity contribution in [2.75, 3.05) is 5.32 Å². The molecule has 0 aliphatic carbocycles. The molecule has 2 aromatic heterocycles. The van der Waals surface area contributed by atoms with Crippen LogP contribution >= 0.6 is 11.8 Å². The van der Waals surface area contributed by atoms with E-state index in [0.29, 0.717) is 17.2 Å². The Labute approximate surface area is 157 Å². The highest BCUT2D eigenvalue weighted by molar-refractivity contribution is 8.00. The number of benzene rings is 1. The van der Waals surface area contributed by atoms with Crippen LogP contribution in [0.15, 0.2) is 35.5 Å². The van der Waals surface area contributed by atoms with Crippen LogP contribution in [0.5, 0.6) is 0 Å². The predicted molar refractivity (Wildman–Crippen MR) is 95.0 cm³/mol. The first kappa shape index (κ1) is 19.4. The van der Waals surface area contributed by atoms with Crippen molar-refractivity contribution in [2.24, 2.45) is 5.92 Å². The molecule has 10 heteroatoms. The number of nitrogens with zero attached hydrogens (tertiary/aromatic N) is 4. The lowest BCUT2D eigenvalue weighted by Gasteiger charge is -2.24. The molecule has 144 valence electrons. The van der Waals surface area contributed by atoms with Crippen LogP contribution in [-0.4, -0.2) is 25.1 Å². The average molecular weight is 399 g/mol. The molecule has 0 aliphatic heterocycles. The quantitative estimate of drug-likeness (QED) is 0.484. The summed E-state index contributed by atoms with van der Waals surface area (Å²) in [5, 5.41) is 7.40. The van der Waals surface area contributed by atoms with E-state index in [-0.39, 0.29) is 12.0 Å². The van der Waals surface area contributed by atoms with Crippen molar-refractivity contribution in [3.05, 3.63) is 47.7 Å². The molecule has 3 aromatic rings. The number of nitrogens with one attached hydrogen (secondary N) is 1. The van der Waals surface area contributed by atoms with Gasteiger partial charge in [-0.1, -0.05) is 19.9 Å². The van der Waals surface area contributed by atoms with Gasteiger partial charge in [-0.3, -0.25) is 0 Å². The predicted octanol–water partition coefficient (Wildman–Crippen LogP) is 4.99. The van der Waals surface area contributed by atoms with Gasteiger partial charge in [0.15, 0.2) is 0 Å². The zero-order valence-electron chi connectivity index (χ0n) is 14.8. The Morgan fingerprint density at radius 1 is 1.19 bits per heavy atom. The van der Waals surface area contributed by atoms with Gasteiger partial charge in [0, 0.05) is 11.8 Å². The summed E-state index contributed by atoms with van der Waals surface area (Å²) in [5.41, 5.74) is -3.27. The fraction of sp³-hybridized carbons (Fsp3) is 0.353. The van der Waals surface area contributed by atoms with Gasteiger partial charge in [-0.25, -0.2) is 9.37 Å². The van der Waals surface area contributed by atoms with E-state index < -0.39 is 28.0 Å². The highest BCUT2D eigenvalue weighted by Gasteiger charge is 2.31. The largest absolute Gasteiger partial charge is 0.446 e. The van der Waals surface area contributed by atoms with Gasteiger partial charge in [0.25, 0.3) is 5.78 Å². The number of halogens is 4. The van der Waals surface area contributed by atoms with Crippen LogP contribution in [0.1, 0.15) is 31.1 Å². The van der Waals surface area contributed by atoms with Crippen LogP contribution < -0.4 is 5.32 Å². The standard InChI is InChI=1S/C17H17F4N5S/c1-9(2)15(11-4-5-13(12(18)7-11)27-17(19,20)21)25-14-6-10(3)24-16-22-8-23-26(14)16/h4-9,15,25H,1-3H3/t15-/m1/s1. The molecule has 0 radical (unpaired) electrons. The van der Waals surface area contributed by atoms with Gasteiger partial charge in [0.05, 0.1) is 10.9 Å². The topological polar surface area (TPSA) is 55.1 Å².